The van der Waals surface area contributed by atoms with E-state index < -0.39 is 17.8 Å². The Kier molecular flexibility index (Phi) is 2.66. The molecule has 0 aliphatic carbocycles. The summed E-state index contributed by atoms with van der Waals surface area (Å²) in [4.78, 5) is 32.6. The Labute approximate surface area is 79.4 Å². The number of hydrogen-bond acceptors (Lipinski definition) is 4. The van der Waals surface area contributed by atoms with Gasteiger partial charge in [-0.3, -0.25) is 4.79 Å². The predicted octanol–water partition coefficient (Wildman–Crippen LogP) is -0.432. The highest BCUT2D eigenvalue weighted by atomic mass is 16.5. The highest BCUT2D eigenvalue weighted by Crippen LogP contribution is 2.12. The topological polar surface area (TPSA) is 98.5 Å². The number of ketones is 1. The fraction of sp³-hybridized carbons (Fsp3) is 0.125. The number of cyclic esters (lactones) is 1. The van der Waals surface area contributed by atoms with Crippen molar-refractivity contribution in [3.8, 4) is 0 Å². The molecule has 1 aliphatic heterocycles. The molecule has 0 fully saturated rings. The Morgan fingerprint density at radius 3 is 2.71 bits per heavy atom. The van der Waals surface area contributed by atoms with Crippen LogP contribution in [0.5, 0.6) is 0 Å². The van der Waals surface area contributed by atoms with Crippen LogP contribution in [0.4, 0.5) is 4.79 Å². The van der Waals surface area contributed by atoms with Crippen LogP contribution >= 0.6 is 0 Å². The molecule has 0 saturated carbocycles. The number of rotatable bonds is 1. The molecule has 1 aliphatic rings. The van der Waals surface area contributed by atoms with Crippen molar-refractivity contribution >= 4 is 17.8 Å². The molecular formula is C8H8N2O4. The molecule has 2 amide bonds. The smallest absolute Gasteiger partial charge is 0.348 e. The van der Waals surface area contributed by atoms with Crippen LogP contribution in [0, 0.1) is 0 Å². The highest BCUT2D eigenvalue weighted by Gasteiger charge is 2.23. The quantitative estimate of drug-likeness (QED) is 0.337. The zero-order chi connectivity index (χ0) is 10.7. The van der Waals surface area contributed by atoms with E-state index in [1.54, 1.807) is 0 Å². The van der Waals surface area contributed by atoms with E-state index in [0.29, 0.717) is 0 Å². The van der Waals surface area contributed by atoms with E-state index in [1.807, 2.05) is 5.32 Å². The number of ether oxygens (including phenoxy) is 1. The Morgan fingerprint density at radius 2 is 2.21 bits per heavy atom. The van der Waals surface area contributed by atoms with Crippen molar-refractivity contribution in [1.29, 1.82) is 0 Å². The number of nitrogens with one attached hydrogen (secondary N) is 1. The van der Waals surface area contributed by atoms with Crippen LogP contribution in [-0.4, -0.2) is 17.8 Å². The Hall–Kier alpha value is -2.11. The van der Waals surface area contributed by atoms with Gasteiger partial charge in [-0.05, 0) is 6.92 Å². The van der Waals surface area contributed by atoms with Crippen LogP contribution in [0.3, 0.4) is 0 Å². The fourth-order valence-electron chi connectivity index (χ4n) is 0.867. The maximum atomic E-state index is 11.2. The summed E-state index contributed by atoms with van der Waals surface area (Å²) in [6, 6.07) is -0.857. The number of amides is 2. The summed E-state index contributed by atoms with van der Waals surface area (Å²) in [5.74, 6) is -1.10. The summed E-state index contributed by atoms with van der Waals surface area (Å²) in [6.07, 6.45) is 2.08. The lowest BCUT2D eigenvalue weighted by molar-refractivity contribution is -0.137. The van der Waals surface area contributed by atoms with Gasteiger partial charge < -0.3 is 15.8 Å². The molecule has 14 heavy (non-hydrogen) atoms. The normalized spacial score (nSPS) is 18.9. The molecule has 74 valence electrons. The van der Waals surface area contributed by atoms with Gasteiger partial charge in [-0.15, -0.1) is 0 Å². The zero-order valence-electron chi connectivity index (χ0n) is 7.37. The van der Waals surface area contributed by atoms with Gasteiger partial charge in [-0.1, -0.05) is 0 Å². The zero-order valence-corrected chi connectivity index (χ0v) is 7.37. The Bertz CT molecular complexity index is 368. The van der Waals surface area contributed by atoms with Crippen molar-refractivity contribution in [3.05, 3.63) is 23.6 Å². The second-order valence-corrected chi connectivity index (χ2v) is 2.58. The summed E-state index contributed by atoms with van der Waals surface area (Å²) in [5, 5.41) is 2.02. The van der Waals surface area contributed by atoms with Crippen molar-refractivity contribution in [3.63, 3.8) is 0 Å². The van der Waals surface area contributed by atoms with Crippen molar-refractivity contribution in [2.45, 2.75) is 6.92 Å². The van der Waals surface area contributed by atoms with Gasteiger partial charge in [0.15, 0.2) is 5.78 Å². The lowest BCUT2D eigenvalue weighted by Gasteiger charge is -2.10. The number of esters is 1. The summed E-state index contributed by atoms with van der Waals surface area (Å²) < 4.78 is 4.64. The molecule has 0 aromatic carbocycles. The van der Waals surface area contributed by atoms with Crippen LogP contribution in [0.2, 0.25) is 0 Å². The molecule has 6 heteroatoms. The van der Waals surface area contributed by atoms with Gasteiger partial charge in [0.25, 0.3) is 0 Å². The first kappa shape index (κ1) is 9.97. The van der Waals surface area contributed by atoms with Crippen LogP contribution in [0.1, 0.15) is 6.92 Å². The predicted molar refractivity (Wildman–Crippen MR) is 45.7 cm³/mol. The van der Waals surface area contributed by atoms with E-state index in [9.17, 15) is 14.4 Å². The number of allylic oxidation sites excluding steroid dienone is 2. The molecule has 0 bridgehead atoms. The van der Waals surface area contributed by atoms with Gasteiger partial charge in [-0.2, -0.15) is 0 Å². The molecule has 0 aromatic rings. The van der Waals surface area contributed by atoms with Crippen LogP contribution in [-0.2, 0) is 14.3 Å². The lowest BCUT2D eigenvalue weighted by Crippen LogP contribution is -2.28. The van der Waals surface area contributed by atoms with Gasteiger partial charge in [0, 0.05) is 12.3 Å². The second kappa shape index (κ2) is 3.73. The van der Waals surface area contributed by atoms with E-state index in [-0.39, 0.29) is 11.3 Å². The molecule has 1 heterocycles. The minimum atomic E-state index is -0.857. The molecule has 0 unspecified atom stereocenters. The van der Waals surface area contributed by atoms with Crippen LogP contribution in [0.15, 0.2) is 23.6 Å². The molecule has 0 radical (unpaired) electrons. The van der Waals surface area contributed by atoms with Crippen molar-refractivity contribution in [1.82, 2.24) is 5.32 Å². The average Bonchev–Trinajstić information content (AvgIpc) is 2.01. The van der Waals surface area contributed by atoms with E-state index in [2.05, 4.69) is 4.74 Å². The third-order valence-electron chi connectivity index (χ3n) is 1.43. The number of urea groups is 1. The number of carbonyl (C=O) groups is 3. The summed E-state index contributed by atoms with van der Waals surface area (Å²) >= 11 is 0. The van der Waals surface area contributed by atoms with Gasteiger partial charge in [0.1, 0.15) is 11.3 Å². The molecule has 0 spiro atoms. The average molecular weight is 196 g/mol. The van der Waals surface area contributed by atoms with Crippen LogP contribution < -0.4 is 11.1 Å². The number of carbonyl (C=O) groups excluding carboxylic acids is 3. The van der Waals surface area contributed by atoms with Gasteiger partial charge in [-0.25, -0.2) is 9.59 Å². The van der Waals surface area contributed by atoms with Crippen LogP contribution in [0.25, 0.3) is 0 Å². The first-order valence-corrected chi connectivity index (χ1v) is 3.71. The molecule has 1 rings (SSSR count). The molecule has 3 N–H and O–H groups in total. The largest absolute Gasteiger partial charge is 0.427 e. The SMILES string of the molecule is CC1=CC(=O)C(=CNC(N)=O)C(=O)O1. The Balaban J connectivity index is 2.89. The number of primary amides is 1. The monoisotopic (exact) mass is 196 g/mol. The first-order valence-electron chi connectivity index (χ1n) is 3.71. The second-order valence-electron chi connectivity index (χ2n) is 2.58. The summed E-state index contributed by atoms with van der Waals surface area (Å²) in [6.45, 7) is 1.48. The molecule has 6 nitrogen and oxygen atoms in total. The van der Waals surface area contributed by atoms with Gasteiger partial charge in [0.2, 0.25) is 0 Å². The van der Waals surface area contributed by atoms with E-state index in [4.69, 9.17) is 5.73 Å². The molecular weight excluding hydrogens is 188 g/mol. The number of hydrogen-bond donors (Lipinski definition) is 2. The first-order chi connectivity index (χ1) is 6.50. The highest BCUT2D eigenvalue weighted by molar-refractivity contribution is 6.23. The fourth-order valence-corrected chi connectivity index (χ4v) is 0.867. The van der Waals surface area contributed by atoms with E-state index in [0.717, 1.165) is 12.3 Å². The standard InChI is InChI=1S/C8H8N2O4/c1-4-2-6(11)5(7(12)14-4)3-10-8(9)13/h2-3H,1H3,(H3,9,10,13). The maximum Gasteiger partial charge on any atom is 0.348 e. The molecule has 0 saturated heterocycles. The minimum absolute atomic E-state index is 0.219. The van der Waals surface area contributed by atoms with Gasteiger partial charge in [0.05, 0.1) is 0 Å². The number of nitrogens with two attached hydrogens (primary N) is 1. The van der Waals surface area contributed by atoms with Crippen molar-refractivity contribution in [2.75, 3.05) is 0 Å². The maximum absolute atomic E-state index is 11.2. The van der Waals surface area contributed by atoms with Crippen molar-refractivity contribution < 1.29 is 19.1 Å². The summed E-state index contributed by atoms with van der Waals surface area (Å²) in [7, 11) is 0. The molecule has 0 aromatic heterocycles. The van der Waals surface area contributed by atoms with Gasteiger partial charge >= 0.3 is 12.0 Å². The minimum Gasteiger partial charge on any atom is -0.427 e. The third-order valence-corrected chi connectivity index (χ3v) is 1.43. The van der Waals surface area contributed by atoms with Crippen molar-refractivity contribution in [2.24, 2.45) is 5.73 Å². The third kappa shape index (κ3) is 2.19. The van der Waals surface area contributed by atoms with E-state index in [1.165, 1.54) is 6.92 Å². The lowest BCUT2D eigenvalue weighted by atomic mass is 10.1. The Morgan fingerprint density at radius 1 is 1.57 bits per heavy atom. The molecule has 0 atom stereocenters. The van der Waals surface area contributed by atoms with E-state index >= 15 is 0 Å². The summed E-state index contributed by atoms with van der Waals surface area (Å²) in [5.41, 5.74) is 4.50.